The third-order valence-electron chi connectivity index (χ3n) is 5.52. The molecule has 0 saturated heterocycles. The van der Waals surface area contributed by atoms with E-state index in [9.17, 15) is 10.1 Å². The third-order valence-corrected chi connectivity index (χ3v) is 5.52. The summed E-state index contributed by atoms with van der Waals surface area (Å²) in [6.45, 7) is 0.595. The molecule has 1 saturated carbocycles. The van der Waals surface area contributed by atoms with E-state index in [0.717, 1.165) is 42.4 Å². The summed E-state index contributed by atoms with van der Waals surface area (Å²) in [7, 11) is 0. The summed E-state index contributed by atoms with van der Waals surface area (Å²) in [4.78, 5) is 16.9. The Morgan fingerprint density at radius 3 is 2.68 bits per heavy atom. The fourth-order valence-corrected chi connectivity index (χ4v) is 3.94. The summed E-state index contributed by atoms with van der Waals surface area (Å²) in [5.74, 6) is -0.317. The van der Waals surface area contributed by atoms with Crippen molar-refractivity contribution in [1.29, 1.82) is 5.26 Å². The first-order valence-electron chi connectivity index (χ1n) is 10.7. The van der Waals surface area contributed by atoms with Crippen LogP contribution >= 0.6 is 0 Å². The lowest BCUT2D eigenvalue weighted by Gasteiger charge is -2.22. The van der Waals surface area contributed by atoms with Gasteiger partial charge in [0.2, 0.25) is 0 Å². The second-order valence-corrected chi connectivity index (χ2v) is 7.84. The van der Waals surface area contributed by atoms with E-state index in [1.807, 2.05) is 53.3 Å². The maximum atomic E-state index is 12.8. The van der Waals surface area contributed by atoms with Crippen LogP contribution in [0, 0.1) is 11.3 Å². The molecule has 2 aromatic heterocycles. The number of rotatable bonds is 6. The Balaban J connectivity index is 1.64. The maximum Gasteiger partial charge on any atom is 0.262 e. The van der Waals surface area contributed by atoms with Crippen LogP contribution in [0.15, 0.2) is 66.6 Å². The lowest BCUT2D eigenvalue weighted by molar-refractivity contribution is -0.117. The number of carbonyl (C=O) groups is 1. The molecule has 0 spiro atoms. The molecule has 0 atom stereocenters. The van der Waals surface area contributed by atoms with Gasteiger partial charge in [0.15, 0.2) is 0 Å². The number of carbonyl (C=O) groups excluding carboxylic acids is 1. The zero-order valence-corrected chi connectivity index (χ0v) is 17.4. The predicted molar refractivity (Wildman–Crippen MR) is 120 cm³/mol. The number of benzene rings is 1. The Morgan fingerprint density at radius 2 is 1.97 bits per heavy atom. The molecule has 3 aromatic rings. The number of amides is 1. The fraction of sp³-hybridized carbons (Fsp3) is 0.280. The van der Waals surface area contributed by atoms with Gasteiger partial charge in [-0.3, -0.25) is 14.5 Å². The highest BCUT2D eigenvalue weighted by atomic mass is 16.1. The molecule has 31 heavy (non-hydrogen) atoms. The van der Waals surface area contributed by atoms with Crippen LogP contribution in [0.2, 0.25) is 0 Å². The van der Waals surface area contributed by atoms with Crippen LogP contribution in [-0.4, -0.2) is 26.7 Å². The van der Waals surface area contributed by atoms with Gasteiger partial charge in [-0.1, -0.05) is 49.6 Å². The monoisotopic (exact) mass is 411 g/mol. The van der Waals surface area contributed by atoms with Crippen molar-refractivity contribution in [2.75, 3.05) is 0 Å². The minimum absolute atomic E-state index is 0.0926. The molecule has 0 unspecified atom stereocenters. The van der Waals surface area contributed by atoms with E-state index in [-0.39, 0.29) is 17.5 Å². The number of nitrogens with zero attached hydrogens (tertiary/aromatic N) is 4. The van der Waals surface area contributed by atoms with Gasteiger partial charge in [0.1, 0.15) is 17.3 Å². The zero-order valence-electron chi connectivity index (χ0n) is 17.4. The predicted octanol–water partition coefficient (Wildman–Crippen LogP) is 4.35. The fourth-order valence-electron chi connectivity index (χ4n) is 3.94. The average molecular weight is 412 g/mol. The van der Waals surface area contributed by atoms with Crippen LogP contribution in [0.3, 0.4) is 0 Å². The molecular formula is C25H25N5O. The molecule has 1 amide bonds. The van der Waals surface area contributed by atoms with Crippen molar-refractivity contribution in [3.8, 4) is 17.3 Å². The molecule has 6 nitrogen and oxygen atoms in total. The Bertz CT molecular complexity index is 1090. The average Bonchev–Trinajstić information content (AvgIpc) is 3.21. The standard InChI is InChI=1S/C25H25N5O/c26-15-21(25(31)28-23-11-5-2-6-12-23)14-22-18-30(17-19-8-3-1-4-9-19)29-24(22)20-10-7-13-27-16-20/h1,3-4,7-10,13-14,16,18,23H,2,5-6,11-12,17H2,(H,28,31)/b21-14+. The molecule has 1 aromatic carbocycles. The van der Waals surface area contributed by atoms with Gasteiger partial charge in [-0.05, 0) is 36.6 Å². The Hall–Kier alpha value is -3.72. The number of hydrogen-bond donors (Lipinski definition) is 1. The van der Waals surface area contributed by atoms with Gasteiger partial charge in [-0.15, -0.1) is 0 Å². The zero-order chi connectivity index (χ0) is 21.5. The Kier molecular flexibility index (Phi) is 6.53. The first-order chi connectivity index (χ1) is 15.2. The summed E-state index contributed by atoms with van der Waals surface area (Å²) < 4.78 is 1.83. The van der Waals surface area contributed by atoms with Gasteiger partial charge >= 0.3 is 0 Å². The van der Waals surface area contributed by atoms with Gasteiger partial charge in [0.05, 0.1) is 6.54 Å². The summed E-state index contributed by atoms with van der Waals surface area (Å²) in [6, 6.07) is 16.0. The highest BCUT2D eigenvalue weighted by molar-refractivity contribution is 6.02. The van der Waals surface area contributed by atoms with Gasteiger partial charge < -0.3 is 5.32 Å². The van der Waals surface area contributed by atoms with Crippen LogP contribution in [0.5, 0.6) is 0 Å². The van der Waals surface area contributed by atoms with E-state index in [0.29, 0.717) is 12.2 Å². The van der Waals surface area contributed by atoms with Gasteiger partial charge in [-0.2, -0.15) is 10.4 Å². The summed E-state index contributed by atoms with van der Waals surface area (Å²) in [6.07, 6.45) is 12.3. The van der Waals surface area contributed by atoms with E-state index in [2.05, 4.69) is 16.4 Å². The maximum absolute atomic E-state index is 12.8. The largest absolute Gasteiger partial charge is 0.349 e. The highest BCUT2D eigenvalue weighted by Crippen LogP contribution is 2.24. The van der Waals surface area contributed by atoms with Crippen molar-refractivity contribution >= 4 is 12.0 Å². The minimum Gasteiger partial charge on any atom is -0.349 e. The molecule has 0 bridgehead atoms. The van der Waals surface area contributed by atoms with Crippen molar-refractivity contribution in [3.63, 3.8) is 0 Å². The summed E-state index contributed by atoms with van der Waals surface area (Å²) >= 11 is 0. The van der Waals surface area contributed by atoms with Crippen LogP contribution < -0.4 is 5.32 Å². The SMILES string of the molecule is N#C/C(=C\c1cn(Cc2ccccc2)nc1-c1cccnc1)C(=O)NC1CCCCC1. The van der Waals surface area contributed by atoms with E-state index in [4.69, 9.17) is 5.10 Å². The van der Waals surface area contributed by atoms with E-state index >= 15 is 0 Å². The number of nitrogens with one attached hydrogen (secondary N) is 1. The van der Waals surface area contributed by atoms with Crippen molar-refractivity contribution < 1.29 is 4.79 Å². The molecule has 6 heteroatoms. The van der Waals surface area contributed by atoms with Crippen molar-refractivity contribution in [1.82, 2.24) is 20.1 Å². The topological polar surface area (TPSA) is 83.6 Å². The van der Waals surface area contributed by atoms with Crippen LogP contribution in [0.1, 0.15) is 43.2 Å². The van der Waals surface area contributed by atoms with Crippen LogP contribution in [-0.2, 0) is 11.3 Å². The minimum atomic E-state index is -0.317. The number of nitriles is 1. The third kappa shape index (κ3) is 5.26. The van der Waals surface area contributed by atoms with E-state index in [1.54, 1.807) is 18.5 Å². The Morgan fingerprint density at radius 1 is 1.16 bits per heavy atom. The van der Waals surface area contributed by atoms with E-state index < -0.39 is 0 Å². The first kappa shape index (κ1) is 20.5. The molecule has 4 rings (SSSR count). The van der Waals surface area contributed by atoms with Gasteiger partial charge in [0.25, 0.3) is 5.91 Å². The lowest BCUT2D eigenvalue weighted by atomic mass is 9.95. The number of pyridine rings is 1. The highest BCUT2D eigenvalue weighted by Gasteiger charge is 2.19. The normalized spacial score (nSPS) is 14.7. The molecule has 0 aliphatic heterocycles. The molecule has 1 aliphatic rings. The molecule has 2 heterocycles. The molecular weight excluding hydrogens is 386 g/mol. The van der Waals surface area contributed by atoms with Crippen LogP contribution in [0.25, 0.3) is 17.3 Å². The lowest BCUT2D eigenvalue weighted by Crippen LogP contribution is -2.36. The van der Waals surface area contributed by atoms with Gasteiger partial charge in [-0.25, -0.2) is 0 Å². The molecule has 1 N–H and O–H groups in total. The molecule has 1 fully saturated rings. The van der Waals surface area contributed by atoms with Crippen LogP contribution in [0.4, 0.5) is 0 Å². The number of aromatic nitrogens is 3. The summed E-state index contributed by atoms with van der Waals surface area (Å²) in [5, 5.41) is 17.4. The Labute approximate surface area is 182 Å². The number of hydrogen-bond acceptors (Lipinski definition) is 4. The molecule has 1 aliphatic carbocycles. The second kappa shape index (κ2) is 9.86. The second-order valence-electron chi connectivity index (χ2n) is 7.84. The van der Waals surface area contributed by atoms with Crippen molar-refractivity contribution in [2.24, 2.45) is 0 Å². The van der Waals surface area contributed by atoms with E-state index in [1.165, 1.54) is 6.42 Å². The first-order valence-corrected chi connectivity index (χ1v) is 10.7. The molecule has 0 radical (unpaired) electrons. The summed E-state index contributed by atoms with van der Waals surface area (Å²) in [5.41, 5.74) is 3.47. The molecule has 156 valence electrons. The van der Waals surface area contributed by atoms with Crippen molar-refractivity contribution in [2.45, 2.75) is 44.7 Å². The quantitative estimate of drug-likeness (QED) is 0.483. The smallest absolute Gasteiger partial charge is 0.262 e. The van der Waals surface area contributed by atoms with Gasteiger partial charge in [0, 0.05) is 35.8 Å². The van der Waals surface area contributed by atoms with Crippen molar-refractivity contribution in [3.05, 3.63) is 77.8 Å².